The minimum absolute atomic E-state index is 0.00298. The summed E-state index contributed by atoms with van der Waals surface area (Å²) in [5, 5.41) is 12.3. The number of hydrogen-bond acceptors (Lipinski definition) is 7. The van der Waals surface area contributed by atoms with Crippen molar-refractivity contribution < 1.29 is 18.3 Å². The predicted molar refractivity (Wildman–Crippen MR) is 141 cm³/mol. The lowest BCUT2D eigenvalue weighted by molar-refractivity contribution is 0.0964. The molecule has 1 aliphatic rings. The first-order chi connectivity index (χ1) is 17.9. The molecule has 0 saturated carbocycles. The number of hydrogen-bond donors (Lipinski definition) is 4. The largest absolute Gasteiger partial charge is 0.495 e. The van der Waals surface area contributed by atoms with Crippen LogP contribution in [0.2, 0.25) is 5.02 Å². The van der Waals surface area contributed by atoms with Crippen molar-refractivity contribution in [3.8, 4) is 5.75 Å². The highest BCUT2D eigenvalue weighted by atomic mass is 35.5. The Morgan fingerprint density at radius 1 is 1.16 bits per heavy atom. The van der Waals surface area contributed by atoms with E-state index in [1.807, 2.05) is 12.1 Å². The van der Waals surface area contributed by atoms with Crippen LogP contribution in [0.1, 0.15) is 34.3 Å². The zero-order valence-corrected chi connectivity index (χ0v) is 21.3. The summed E-state index contributed by atoms with van der Waals surface area (Å²) < 4.78 is 31.0. The van der Waals surface area contributed by atoms with Gasteiger partial charge in [0.05, 0.1) is 36.8 Å². The van der Waals surface area contributed by atoms with Gasteiger partial charge in [-0.05, 0) is 55.0 Å². The number of aryl methyl sites for hydroxylation is 1. The predicted octanol–water partition coefficient (Wildman–Crippen LogP) is 5.09. The summed E-state index contributed by atoms with van der Waals surface area (Å²) in [5.41, 5.74) is 3.88. The van der Waals surface area contributed by atoms with Crippen molar-refractivity contribution in [1.29, 1.82) is 0 Å². The summed E-state index contributed by atoms with van der Waals surface area (Å²) in [5.74, 6) is 0.987. The van der Waals surface area contributed by atoms with Gasteiger partial charge in [-0.15, -0.1) is 0 Å². The van der Waals surface area contributed by atoms with Gasteiger partial charge in [-0.25, -0.2) is 13.8 Å². The van der Waals surface area contributed by atoms with E-state index in [1.54, 1.807) is 38.4 Å². The van der Waals surface area contributed by atoms with Gasteiger partial charge in [0.15, 0.2) is 5.82 Å². The number of carbonyl (C=O) groups excluding carboxylic acids is 1. The van der Waals surface area contributed by atoms with E-state index in [-0.39, 0.29) is 29.5 Å². The first-order valence-corrected chi connectivity index (χ1v) is 12.3. The lowest BCUT2D eigenvalue weighted by Crippen LogP contribution is -2.33. The summed E-state index contributed by atoms with van der Waals surface area (Å²) in [6.07, 6.45) is 2.00. The van der Waals surface area contributed by atoms with Crippen LogP contribution in [0.4, 0.5) is 31.9 Å². The molecule has 3 aromatic rings. The van der Waals surface area contributed by atoms with Crippen molar-refractivity contribution >= 4 is 40.6 Å². The monoisotopic (exact) mass is 530 g/mol. The van der Waals surface area contributed by atoms with E-state index in [0.717, 1.165) is 29.7 Å². The molecule has 0 aliphatic heterocycles. The lowest BCUT2D eigenvalue weighted by Gasteiger charge is -2.18. The van der Waals surface area contributed by atoms with Gasteiger partial charge in [-0.1, -0.05) is 29.8 Å². The second-order valence-electron chi connectivity index (χ2n) is 8.62. The molecule has 1 heterocycles. The Bertz CT molecular complexity index is 1260. The molecule has 11 heteroatoms. The van der Waals surface area contributed by atoms with Crippen molar-refractivity contribution in [3.05, 3.63) is 64.3 Å². The van der Waals surface area contributed by atoms with Crippen LogP contribution >= 0.6 is 11.6 Å². The SMILES string of the molecule is CNC(=O)c1ccccc1Nc1nc(Nc2c(OC)ccc3c2CCC(NCC(F)F)CC3)ncc1Cl. The second-order valence-corrected chi connectivity index (χ2v) is 9.03. The van der Waals surface area contributed by atoms with E-state index in [0.29, 0.717) is 35.7 Å². The van der Waals surface area contributed by atoms with Crippen molar-refractivity contribution in [2.75, 3.05) is 31.3 Å². The van der Waals surface area contributed by atoms with Crippen molar-refractivity contribution in [3.63, 3.8) is 0 Å². The highest BCUT2D eigenvalue weighted by Crippen LogP contribution is 2.37. The molecule has 0 fully saturated rings. The Balaban J connectivity index is 1.60. The quantitative estimate of drug-likeness (QED) is 0.286. The maximum Gasteiger partial charge on any atom is 0.253 e. The van der Waals surface area contributed by atoms with E-state index >= 15 is 0 Å². The Labute approximate surface area is 219 Å². The van der Waals surface area contributed by atoms with E-state index < -0.39 is 6.43 Å². The zero-order valence-electron chi connectivity index (χ0n) is 20.6. The zero-order chi connectivity index (χ0) is 26.4. The van der Waals surface area contributed by atoms with Crippen LogP contribution in [0.25, 0.3) is 0 Å². The number of alkyl halides is 2. The third kappa shape index (κ3) is 6.44. The van der Waals surface area contributed by atoms with Gasteiger partial charge >= 0.3 is 0 Å². The number of carbonyl (C=O) groups is 1. The molecule has 196 valence electrons. The molecule has 37 heavy (non-hydrogen) atoms. The molecule has 2 aromatic carbocycles. The number of anilines is 4. The van der Waals surface area contributed by atoms with Crippen LogP contribution in [0.15, 0.2) is 42.6 Å². The summed E-state index contributed by atoms with van der Waals surface area (Å²) >= 11 is 6.38. The van der Waals surface area contributed by atoms with E-state index in [9.17, 15) is 13.6 Å². The first kappa shape index (κ1) is 26.6. The Kier molecular flexibility index (Phi) is 8.73. The number of nitrogens with one attached hydrogen (secondary N) is 4. The molecular weight excluding hydrogens is 502 g/mol. The molecule has 1 atom stereocenters. The summed E-state index contributed by atoms with van der Waals surface area (Å²) in [7, 11) is 3.15. The molecule has 0 radical (unpaired) electrons. The molecule has 0 bridgehead atoms. The van der Waals surface area contributed by atoms with Gasteiger partial charge in [-0.3, -0.25) is 4.79 Å². The number of halogens is 3. The number of fused-ring (bicyclic) bond motifs is 1. The standard InChI is InChI=1S/C26H29ClF2N6O2/c1-30-25(36)18-5-3-4-6-20(18)33-24-19(27)13-32-26(35-24)34-23-17-11-10-16(31-14-22(28)29)9-7-15(17)8-12-21(23)37-2/h3-6,8,12-13,16,22,31H,7,9-11,14H2,1-2H3,(H,30,36)(H2,32,33,34,35). The average molecular weight is 531 g/mol. The van der Waals surface area contributed by atoms with Crippen molar-refractivity contribution in [2.24, 2.45) is 0 Å². The third-order valence-corrected chi connectivity index (χ3v) is 6.57. The minimum atomic E-state index is -2.38. The number of nitrogens with zero attached hydrogens (tertiary/aromatic N) is 2. The number of benzene rings is 2. The summed E-state index contributed by atoms with van der Waals surface area (Å²) in [6.45, 7) is -0.313. The number of rotatable bonds is 9. The van der Waals surface area contributed by atoms with Crippen LogP contribution in [0.5, 0.6) is 5.75 Å². The molecule has 1 aromatic heterocycles. The van der Waals surface area contributed by atoms with Gasteiger partial charge in [-0.2, -0.15) is 4.98 Å². The van der Waals surface area contributed by atoms with E-state index in [4.69, 9.17) is 16.3 Å². The van der Waals surface area contributed by atoms with Crippen LogP contribution in [0.3, 0.4) is 0 Å². The van der Waals surface area contributed by atoms with Crippen molar-refractivity contribution in [1.82, 2.24) is 20.6 Å². The number of aromatic nitrogens is 2. The van der Waals surface area contributed by atoms with Gasteiger partial charge < -0.3 is 26.0 Å². The normalized spacial score (nSPS) is 15.0. The average Bonchev–Trinajstić information content (AvgIpc) is 3.12. The fourth-order valence-electron chi connectivity index (χ4n) is 4.43. The summed E-state index contributed by atoms with van der Waals surface area (Å²) in [6, 6.07) is 10.9. The van der Waals surface area contributed by atoms with Crippen LogP contribution < -0.4 is 26.0 Å². The number of methoxy groups -OCH3 is 1. The fraction of sp³-hybridized carbons (Fsp3) is 0.346. The second kappa shape index (κ2) is 12.2. The number of ether oxygens (including phenoxy) is 1. The molecule has 0 spiro atoms. The highest BCUT2D eigenvalue weighted by molar-refractivity contribution is 6.33. The smallest absolute Gasteiger partial charge is 0.253 e. The van der Waals surface area contributed by atoms with Crippen LogP contribution in [0, 0.1) is 0 Å². The molecule has 0 saturated heterocycles. The van der Waals surface area contributed by atoms with Crippen LogP contribution in [-0.4, -0.2) is 49.0 Å². The number of para-hydroxylation sites is 1. The Hall–Kier alpha value is -3.50. The maximum absolute atomic E-state index is 12.7. The topological polar surface area (TPSA) is 100 Å². The van der Waals surface area contributed by atoms with Gasteiger partial charge in [0, 0.05) is 13.1 Å². The van der Waals surface area contributed by atoms with E-state index in [1.165, 1.54) is 6.20 Å². The first-order valence-electron chi connectivity index (χ1n) is 12.0. The Morgan fingerprint density at radius 2 is 1.95 bits per heavy atom. The van der Waals surface area contributed by atoms with Gasteiger partial charge in [0.25, 0.3) is 12.3 Å². The molecule has 1 unspecified atom stereocenters. The molecule has 4 rings (SSSR count). The van der Waals surface area contributed by atoms with Gasteiger partial charge in [0.2, 0.25) is 5.95 Å². The Morgan fingerprint density at radius 3 is 2.70 bits per heavy atom. The molecule has 1 amide bonds. The van der Waals surface area contributed by atoms with E-state index in [2.05, 4.69) is 31.2 Å². The maximum atomic E-state index is 12.7. The minimum Gasteiger partial charge on any atom is -0.495 e. The molecule has 4 N–H and O–H groups in total. The van der Waals surface area contributed by atoms with Gasteiger partial charge in [0.1, 0.15) is 10.8 Å². The molecule has 1 aliphatic carbocycles. The third-order valence-electron chi connectivity index (χ3n) is 6.29. The van der Waals surface area contributed by atoms with Crippen LogP contribution in [-0.2, 0) is 12.8 Å². The molecule has 8 nitrogen and oxygen atoms in total. The fourth-order valence-corrected chi connectivity index (χ4v) is 4.57. The number of amides is 1. The summed E-state index contributed by atoms with van der Waals surface area (Å²) in [4.78, 5) is 21.2. The molecular formula is C26H29ClF2N6O2. The van der Waals surface area contributed by atoms with Crippen molar-refractivity contribution in [2.45, 2.75) is 38.2 Å². The highest BCUT2D eigenvalue weighted by Gasteiger charge is 2.22. The lowest BCUT2D eigenvalue weighted by atomic mass is 10.00.